The number of hydrogen-bond donors (Lipinski definition) is 3. The third-order valence-corrected chi connectivity index (χ3v) is 18.0. The number of aliphatic hydroxyl groups is 2. The summed E-state index contributed by atoms with van der Waals surface area (Å²) in [4.78, 5) is 24.6. The van der Waals surface area contributed by atoms with Gasteiger partial charge >= 0.3 is 5.97 Å². The lowest BCUT2D eigenvalue weighted by Gasteiger charge is -2.22. The number of nitrogens with one attached hydrogen (secondary N) is 1. The van der Waals surface area contributed by atoms with E-state index in [1.807, 2.05) is 0 Å². The van der Waals surface area contributed by atoms with Crippen molar-refractivity contribution in [2.75, 3.05) is 13.2 Å². The summed E-state index contributed by atoms with van der Waals surface area (Å²) in [7, 11) is 0. The highest BCUT2D eigenvalue weighted by molar-refractivity contribution is 5.76. The van der Waals surface area contributed by atoms with E-state index in [0.717, 1.165) is 44.9 Å². The van der Waals surface area contributed by atoms with Gasteiger partial charge in [0, 0.05) is 12.8 Å². The Morgan fingerprint density at radius 3 is 0.880 bits per heavy atom. The highest BCUT2D eigenvalue weighted by Crippen LogP contribution is 2.20. The summed E-state index contributed by atoms with van der Waals surface area (Å²) in [5.74, 6) is -0.0160. The van der Waals surface area contributed by atoms with Gasteiger partial charge in [0.1, 0.15) is 0 Å². The largest absolute Gasteiger partial charge is 0.466 e. The second kappa shape index (κ2) is 72.8. The molecule has 0 aromatic carbocycles. The lowest BCUT2D eigenvalue weighted by molar-refractivity contribution is -0.143. The fourth-order valence-corrected chi connectivity index (χ4v) is 12.2. The summed E-state index contributed by atoms with van der Waals surface area (Å²) < 4.78 is 5.48. The minimum Gasteiger partial charge on any atom is -0.466 e. The maximum Gasteiger partial charge on any atom is 0.305 e. The third kappa shape index (κ3) is 69.3. The van der Waals surface area contributed by atoms with Gasteiger partial charge < -0.3 is 20.3 Å². The molecule has 1 amide bonds. The average molecular weight is 1170 g/mol. The minimum absolute atomic E-state index is 0.0108. The highest BCUT2D eigenvalue weighted by atomic mass is 16.5. The Bertz CT molecular complexity index is 1300. The van der Waals surface area contributed by atoms with E-state index >= 15 is 0 Å². The number of unbranched alkanes of at least 4 members (excludes halogenated alkanes) is 57. The van der Waals surface area contributed by atoms with Crippen molar-refractivity contribution in [3.8, 4) is 0 Å². The first-order valence-electron chi connectivity index (χ1n) is 38.1. The van der Waals surface area contributed by atoms with Crippen molar-refractivity contribution in [3.05, 3.63) is 24.3 Å². The zero-order valence-electron chi connectivity index (χ0n) is 56.5. The molecule has 0 aliphatic heterocycles. The van der Waals surface area contributed by atoms with E-state index in [1.165, 1.54) is 353 Å². The monoisotopic (exact) mass is 1170 g/mol. The average Bonchev–Trinajstić information content (AvgIpc) is 3.49. The zero-order chi connectivity index (χ0) is 59.9. The fourth-order valence-electron chi connectivity index (χ4n) is 12.2. The molecule has 0 rings (SSSR count). The standard InChI is InChI=1S/C77H149NO5/c1-3-5-7-9-11-13-15-17-18-19-37-40-43-46-49-53-57-61-65-69-75(80)74(73-79)78-76(81)70-66-62-58-54-50-47-44-41-38-35-33-31-29-27-25-23-21-20-22-24-26-28-30-32-34-36-39-42-45-48-52-56-60-64-68-72-83-77(82)71-67-63-59-55-51-16-14-12-10-8-6-4-2/h12,14,22,24,74-75,79-80H,3-11,13,15-21,23,25-73H2,1-2H3,(H,78,81)/b14-12-,24-22-. The maximum absolute atomic E-state index is 12.5. The van der Waals surface area contributed by atoms with Crippen LogP contribution in [0, 0.1) is 0 Å². The molecule has 0 saturated heterocycles. The Hall–Kier alpha value is -1.66. The molecule has 0 saturated carbocycles. The number of hydrogen-bond acceptors (Lipinski definition) is 5. The van der Waals surface area contributed by atoms with Crippen LogP contribution in [0.1, 0.15) is 431 Å². The van der Waals surface area contributed by atoms with Crippen LogP contribution in [-0.4, -0.2) is 47.4 Å². The first-order chi connectivity index (χ1) is 41.0. The fraction of sp³-hybridized carbons (Fsp3) is 0.922. The van der Waals surface area contributed by atoms with E-state index in [-0.39, 0.29) is 18.5 Å². The van der Waals surface area contributed by atoms with Gasteiger partial charge in [0.25, 0.3) is 0 Å². The van der Waals surface area contributed by atoms with Gasteiger partial charge in [-0.1, -0.05) is 366 Å². The first kappa shape index (κ1) is 81.3. The summed E-state index contributed by atoms with van der Waals surface area (Å²) in [6, 6.07) is -0.539. The van der Waals surface area contributed by atoms with E-state index in [4.69, 9.17) is 4.74 Å². The molecule has 0 aliphatic carbocycles. The molecule has 0 aromatic rings. The van der Waals surface area contributed by atoms with Gasteiger partial charge in [-0.05, 0) is 77.0 Å². The maximum atomic E-state index is 12.5. The Morgan fingerprint density at radius 2 is 0.566 bits per heavy atom. The molecule has 83 heavy (non-hydrogen) atoms. The topological polar surface area (TPSA) is 95.9 Å². The molecule has 3 N–H and O–H groups in total. The number of carbonyl (C=O) groups excluding carboxylic acids is 2. The van der Waals surface area contributed by atoms with Gasteiger partial charge in [-0.2, -0.15) is 0 Å². The van der Waals surface area contributed by atoms with Crippen LogP contribution in [0.3, 0.4) is 0 Å². The number of esters is 1. The minimum atomic E-state index is -0.662. The second-order valence-corrected chi connectivity index (χ2v) is 26.3. The van der Waals surface area contributed by atoms with Gasteiger partial charge in [-0.25, -0.2) is 0 Å². The highest BCUT2D eigenvalue weighted by Gasteiger charge is 2.20. The van der Waals surface area contributed by atoms with E-state index < -0.39 is 12.1 Å². The molecule has 2 atom stereocenters. The van der Waals surface area contributed by atoms with Crippen LogP contribution in [-0.2, 0) is 14.3 Å². The number of rotatable bonds is 72. The SMILES string of the molecule is CCCCC/C=C\CCCCCCCC(=O)OCCCCCCCCCCCCCCCC/C=C\CCCCCCCCCCCCCCCCCCCC(=O)NC(CO)C(O)CCCCCCCCCCCCCCCCCCCCC. The van der Waals surface area contributed by atoms with Crippen LogP contribution in [0.5, 0.6) is 0 Å². The van der Waals surface area contributed by atoms with Crippen LogP contribution >= 0.6 is 0 Å². The lowest BCUT2D eigenvalue weighted by Crippen LogP contribution is -2.45. The van der Waals surface area contributed by atoms with Gasteiger partial charge in [-0.15, -0.1) is 0 Å². The normalized spacial score (nSPS) is 12.6. The van der Waals surface area contributed by atoms with Crippen molar-refractivity contribution in [1.29, 1.82) is 0 Å². The van der Waals surface area contributed by atoms with Crippen molar-refractivity contribution >= 4 is 11.9 Å². The number of ether oxygens (including phenoxy) is 1. The third-order valence-electron chi connectivity index (χ3n) is 18.0. The van der Waals surface area contributed by atoms with Crippen molar-refractivity contribution in [1.82, 2.24) is 5.32 Å². The quantitative estimate of drug-likeness (QED) is 0.0320. The van der Waals surface area contributed by atoms with E-state index in [0.29, 0.717) is 25.9 Å². The Labute approximate surface area is 520 Å². The molecule has 6 nitrogen and oxygen atoms in total. The molecule has 0 radical (unpaired) electrons. The van der Waals surface area contributed by atoms with E-state index in [9.17, 15) is 19.8 Å². The summed E-state index contributed by atoms with van der Waals surface area (Å²) >= 11 is 0. The van der Waals surface area contributed by atoms with Gasteiger partial charge in [-0.3, -0.25) is 9.59 Å². The number of aliphatic hydroxyl groups excluding tert-OH is 2. The number of allylic oxidation sites excluding steroid dienone is 4. The van der Waals surface area contributed by atoms with Crippen LogP contribution in [0.4, 0.5) is 0 Å². The molecule has 0 bridgehead atoms. The molecule has 0 fully saturated rings. The van der Waals surface area contributed by atoms with Crippen LogP contribution in [0.15, 0.2) is 24.3 Å². The summed E-state index contributed by atoms with van der Waals surface area (Å²) in [5.41, 5.74) is 0. The van der Waals surface area contributed by atoms with Crippen molar-refractivity contribution in [3.63, 3.8) is 0 Å². The number of amides is 1. The predicted octanol–water partition coefficient (Wildman–Crippen LogP) is 24.9. The molecule has 0 aliphatic rings. The smallest absolute Gasteiger partial charge is 0.305 e. The first-order valence-corrected chi connectivity index (χ1v) is 38.1. The Balaban J connectivity index is 3.34. The second-order valence-electron chi connectivity index (χ2n) is 26.3. The molecule has 492 valence electrons. The lowest BCUT2D eigenvalue weighted by atomic mass is 10.0. The molecule has 0 heterocycles. The van der Waals surface area contributed by atoms with Crippen LogP contribution in [0.2, 0.25) is 0 Å². The molecular formula is C77H149NO5. The summed E-state index contributed by atoms with van der Waals surface area (Å²) in [5, 5.41) is 23.4. The van der Waals surface area contributed by atoms with E-state index in [1.54, 1.807) is 0 Å². The van der Waals surface area contributed by atoms with Crippen LogP contribution < -0.4 is 5.32 Å². The summed E-state index contributed by atoms with van der Waals surface area (Å²) in [6.45, 7) is 4.97. The van der Waals surface area contributed by atoms with Crippen molar-refractivity contribution in [2.24, 2.45) is 0 Å². The van der Waals surface area contributed by atoms with Gasteiger partial charge in [0.05, 0.1) is 25.4 Å². The molecule has 0 spiro atoms. The zero-order valence-corrected chi connectivity index (χ0v) is 56.5. The molecular weight excluding hydrogens is 1020 g/mol. The van der Waals surface area contributed by atoms with E-state index in [2.05, 4.69) is 43.5 Å². The predicted molar refractivity (Wildman–Crippen MR) is 366 cm³/mol. The van der Waals surface area contributed by atoms with Gasteiger partial charge in [0.15, 0.2) is 0 Å². The Morgan fingerprint density at radius 1 is 0.325 bits per heavy atom. The summed E-state index contributed by atoms with van der Waals surface area (Å²) in [6.07, 6.45) is 92.6. The van der Waals surface area contributed by atoms with Gasteiger partial charge in [0.2, 0.25) is 5.91 Å². The molecule has 6 heteroatoms. The van der Waals surface area contributed by atoms with Crippen molar-refractivity contribution in [2.45, 2.75) is 443 Å². The molecule has 2 unspecified atom stereocenters. The molecule has 0 aromatic heterocycles. The Kier molecular flexibility index (Phi) is 71.4. The number of carbonyl (C=O) groups is 2. The van der Waals surface area contributed by atoms with Crippen LogP contribution in [0.25, 0.3) is 0 Å². The van der Waals surface area contributed by atoms with Crippen molar-refractivity contribution < 1.29 is 24.5 Å².